The Morgan fingerprint density at radius 1 is 1.26 bits per heavy atom. The van der Waals surface area contributed by atoms with Gasteiger partial charge in [0.25, 0.3) is 5.89 Å². The van der Waals surface area contributed by atoms with E-state index >= 15 is 0 Å². The first-order valence-electron chi connectivity index (χ1n) is 6.27. The summed E-state index contributed by atoms with van der Waals surface area (Å²) in [6, 6.07) is 10.3. The molecule has 0 aromatic carbocycles. The topological polar surface area (TPSA) is 34.3 Å². The van der Waals surface area contributed by atoms with Crippen LogP contribution in [0.15, 0.2) is 53.3 Å². The maximum atomic E-state index is 6.04. The van der Waals surface area contributed by atoms with E-state index in [9.17, 15) is 0 Å². The Balaban J connectivity index is 1.94. The quantitative estimate of drug-likeness (QED) is 0.394. The zero-order valence-corrected chi connectivity index (χ0v) is 10.1. The van der Waals surface area contributed by atoms with Crippen LogP contribution in [0, 0.1) is 0 Å². The third-order valence-corrected chi connectivity index (χ3v) is 3.79. The number of pyridine rings is 2. The van der Waals surface area contributed by atoms with Crippen molar-refractivity contribution in [1.82, 2.24) is 9.38 Å². The Hall–Kier alpha value is -2.62. The maximum absolute atomic E-state index is 6.04. The molecule has 0 aliphatic carbocycles. The number of hydrogen-bond donors (Lipinski definition) is 0. The molecule has 19 heavy (non-hydrogen) atoms. The van der Waals surface area contributed by atoms with E-state index in [0.717, 1.165) is 34.7 Å². The van der Waals surface area contributed by atoms with Crippen LogP contribution in [0.25, 0.3) is 28.2 Å². The molecule has 90 valence electrons. The van der Waals surface area contributed by atoms with Gasteiger partial charge in [-0.3, -0.25) is 4.98 Å². The Morgan fingerprint density at radius 2 is 2.26 bits per heavy atom. The summed E-state index contributed by atoms with van der Waals surface area (Å²) in [6.45, 7) is 0.826. The summed E-state index contributed by atoms with van der Waals surface area (Å²) in [5, 5.41) is 0. The van der Waals surface area contributed by atoms with E-state index in [-0.39, 0.29) is 0 Å². The monoisotopic (exact) mass is 248 g/mol. The van der Waals surface area contributed by atoms with E-state index in [1.54, 1.807) is 0 Å². The number of oxazole rings is 1. The van der Waals surface area contributed by atoms with Gasteiger partial charge in [0, 0.05) is 24.0 Å². The molecular formula is C15H10N3O+. The molecule has 5 heterocycles. The molecule has 0 bridgehead atoms. The van der Waals surface area contributed by atoms with Crippen molar-refractivity contribution in [3.8, 4) is 11.5 Å². The van der Waals surface area contributed by atoms with Crippen molar-refractivity contribution in [2.45, 2.75) is 6.54 Å². The smallest absolute Gasteiger partial charge is 0.333 e. The van der Waals surface area contributed by atoms with E-state index in [1.165, 1.54) is 5.56 Å². The first-order valence-corrected chi connectivity index (χ1v) is 6.27. The minimum atomic E-state index is 0.826. The van der Waals surface area contributed by atoms with Crippen LogP contribution in [0.4, 0.5) is 0 Å². The van der Waals surface area contributed by atoms with E-state index < -0.39 is 0 Å². The second-order valence-corrected chi connectivity index (χ2v) is 4.85. The molecule has 0 saturated heterocycles. The Labute approximate surface area is 108 Å². The molecule has 4 nitrogen and oxygen atoms in total. The van der Waals surface area contributed by atoms with Crippen LogP contribution in [0.5, 0.6) is 0 Å². The molecule has 0 saturated carbocycles. The lowest BCUT2D eigenvalue weighted by molar-refractivity contribution is -0.651. The molecule has 0 amide bonds. The van der Waals surface area contributed by atoms with Gasteiger partial charge >= 0.3 is 5.65 Å². The average molecular weight is 248 g/mol. The van der Waals surface area contributed by atoms with Crippen LogP contribution < -0.4 is 4.57 Å². The summed E-state index contributed by atoms with van der Waals surface area (Å²) in [5.41, 5.74) is 5.57. The predicted molar refractivity (Wildman–Crippen MR) is 69.7 cm³/mol. The molecular weight excluding hydrogens is 238 g/mol. The third kappa shape index (κ3) is 1.04. The van der Waals surface area contributed by atoms with Crippen LogP contribution in [0.3, 0.4) is 0 Å². The van der Waals surface area contributed by atoms with Gasteiger partial charge in [-0.2, -0.15) is 8.97 Å². The summed E-state index contributed by atoms with van der Waals surface area (Å²) in [6.07, 6.45) is 5.80. The van der Waals surface area contributed by atoms with Crippen LogP contribution in [-0.2, 0) is 6.54 Å². The van der Waals surface area contributed by atoms with E-state index in [4.69, 9.17) is 4.42 Å². The molecule has 4 aromatic heterocycles. The summed E-state index contributed by atoms with van der Waals surface area (Å²) in [4.78, 5) is 4.19. The minimum Gasteiger partial charge on any atom is -0.414 e. The Kier molecular flexibility index (Phi) is 1.49. The fourth-order valence-electron chi connectivity index (χ4n) is 2.96. The highest BCUT2D eigenvalue weighted by Gasteiger charge is 2.32. The first kappa shape index (κ1) is 9.33. The molecule has 4 aromatic rings. The fourth-order valence-corrected chi connectivity index (χ4v) is 2.96. The van der Waals surface area contributed by atoms with Crippen molar-refractivity contribution in [1.29, 1.82) is 0 Å². The average Bonchev–Trinajstić information content (AvgIpc) is 3.05. The lowest BCUT2D eigenvalue weighted by atomic mass is 10.2. The second-order valence-electron chi connectivity index (χ2n) is 4.85. The second kappa shape index (κ2) is 3.03. The molecule has 0 fully saturated rings. The van der Waals surface area contributed by atoms with Gasteiger partial charge in [0.1, 0.15) is 12.1 Å². The lowest BCUT2D eigenvalue weighted by Gasteiger charge is -1.91. The van der Waals surface area contributed by atoms with Gasteiger partial charge < -0.3 is 4.42 Å². The van der Waals surface area contributed by atoms with Crippen molar-refractivity contribution in [3.63, 3.8) is 0 Å². The molecule has 0 atom stereocenters. The van der Waals surface area contributed by atoms with Crippen molar-refractivity contribution in [2.75, 3.05) is 0 Å². The number of rotatable bonds is 0. The summed E-state index contributed by atoms with van der Waals surface area (Å²) in [5.74, 6) is 0.931. The Bertz CT molecular complexity index is 949. The van der Waals surface area contributed by atoms with Gasteiger partial charge in [0.15, 0.2) is 0 Å². The standard InChI is InChI=1S/C15H10N3O/c1-2-6-17-11(3-1)7-13-14(17)18-9-10-8-16-5-4-12(10)15(18)19-13/h1-8H,9H2/q+1. The van der Waals surface area contributed by atoms with Crippen molar-refractivity contribution in [2.24, 2.45) is 0 Å². The minimum absolute atomic E-state index is 0.826. The van der Waals surface area contributed by atoms with Gasteiger partial charge in [-0.25, -0.2) is 0 Å². The fraction of sp³-hybridized carbons (Fsp3) is 0.0667. The first-order chi connectivity index (χ1) is 9.42. The Morgan fingerprint density at radius 3 is 3.26 bits per heavy atom. The van der Waals surface area contributed by atoms with Gasteiger partial charge in [0.05, 0.1) is 11.8 Å². The molecule has 0 spiro atoms. The largest absolute Gasteiger partial charge is 0.414 e. The van der Waals surface area contributed by atoms with Crippen LogP contribution in [0.1, 0.15) is 5.56 Å². The summed E-state index contributed by atoms with van der Waals surface area (Å²) >= 11 is 0. The molecule has 1 aliphatic rings. The van der Waals surface area contributed by atoms with E-state index in [0.29, 0.717) is 0 Å². The lowest BCUT2D eigenvalue weighted by Crippen LogP contribution is -2.31. The van der Waals surface area contributed by atoms with Crippen LogP contribution in [0.2, 0.25) is 0 Å². The SMILES string of the molecule is c1ccn2c(c1)cc1oc3[n+](c12)Cc1cnccc1-3. The van der Waals surface area contributed by atoms with Crippen LogP contribution >= 0.6 is 0 Å². The third-order valence-electron chi connectivity index (χ3n) is 3.79. The summed E-state index contributed by atoms with van der Waals surface area (Å²) in [7, 11) is 0. The van der Waals surface area contributed by atoms with Crippen molar-refractivity contribution >= 4 is 16.7 Å². The molecule has 0 N–H and O–H groups in total. The highest BCUT2D eigenvalue weighted by Crippen LogP contribution is 2.31. The number of fused-ring (bicyclic) bond motifs is 7. The molecule has 5 rings (SSSR count). The maximum Gasteiger partial charge on any atom is 0.333 e. The molecule has 0 radical (unpaired) electrons. The summed E-state index contributed by atoms with van der Waals surface area (Å²) < 4.78 is 10.4. The van der Waals surface area contributed by atoms with Gasteiger partial charge in [-0.15, -0.1) is 0 Å². The van der Waals surface area contributed by atoms with Crippen molar-refractivity contribution in [3.05, 3.63) is 54.5 Å². The van der Waals surface area contributed by atoms with Gasteiger partial charge in [-0.1, -0.05) is 6.07 Å². The van der Waals surface area contributed by atoms with Crippen molar-refractivity contribution < 1.29 is 8.98 Å². The molecule has 0 unspecified atom stereocenters. The van der Waals surface area contributed by atoms with E-state index in [2.05, 4.69) is 32.3 Å². The molecule has 1 aliphatic heterocycles. The zero-order chi connectivity index (χ0) is 12.4. The predicted octanol–water partition coefficient (Wildman–Crippen LogP) is 2.40. The van der Waals surface area contributed by atoms with Gasteiger partial charge in [-0.05, 0) is 18.2 Å². The zero-order valence-electron chi connectivity index (χ0n) is 10.1. The number of hydrogen-bond acceptors (Lipinski definition) is 2. The van der Waals surface area contributed by atoms with E-state index in [1.807, 2.05) is 30.6 Å². The highest BCUT2D eigenvalue weighted by atomic mass is 16.4. The molecule has 4 heteroatoms. The number of nitrogens with zero attached hydrogens (tertiary/aromatic N) is 3. The normalized spacial score (nSPS) is 13.1. The van der Waals surface area contributed by atoms with Gasteiger partial charge in [0.2, 0.25) is 5.58 Å². The highest BCUT2D eigenvalue weighted by molar-refractivity contribution is 5.79. The number of aromatic nitrogens is 3. The van der Waals surface area contributed by atoms with Crippen LogP contribution in [-0.4, -0.2) is 9.38 Å².